The number of rotatable bonds is 3. The molecule has 0 unspecified atom stereocenters. The number of aromatic amines is 1. The normalized spacial score (nSPS) is 10.9. The van der Waals surface area contributed by atoms with Gasteiger partial charge in [-0.15, -0.1) is 0 Å². The van der Waals surface area contributed by atoms with Gasteiger partial charge in [-0.3, -0.25) is 4.79 Å². The van der Waals surface area contributed by atoms with Crippen LogP contribution >= 0.6 is 11.6 Å². The van der Waals surface area contributed by atoms with Crippen molar-refractivity contribution in [2.24, 2.45) is 0 Å². The first kappa shape index (κ1) is 14.7. The number of aryl methyl sites for hydroxylation is 2. The largest absolute Gasteiger partial charge is 0.358 e. The van der Waals surface area contributed by atoms with Crippen LogP contribution in [0.5, 0.6) is 0 Å². The molecule has 0 saturated heterocycles. The summed E-state index contributed by atoms with van der Waals surface area (Å²) in [6.45, 7) is 3.94. The minimum Gasteiger partial charge on any atom is -0.358 e. The van der Waals surface area contributed by atoms with Crippen LogP contribution in [-0.4, -0.2) is 10.9 Å². The molecular formula is C18H17ClN2O. The minimum absolute atomic E-state index is 0.0433. The van der Waals surface area contributed by atoms with Crippen LogP contribution in [0.25, 0.3) is 10.9 Å². The molecule has 1 amide bonds. The Morgan fingerprint density at radius 1 is 1.18 bits per heavy atom. The molecule has 0 aliphatic rings. The fourth-order valence-corrected chi connectivity index (χ4v) is 2.82. The third-order valence-electron chi connectivity index (χ3n) is 3.84. The highest BCUT2D eigenvalue weighted by atomic mass is 35.5. The molecule has 3 aromatic rings. The first-order valence-corrected chi connectivity index (χ1v) is 7.54. The zero-order chi connectivity index (χ0) is 15.7. The van der Waals surface area contributed by atoms with Crippen LogP contribution in [0, 0.1) is 13.8 Å². The molecule has 0 radical (unpaired) electrons. The number of anilines is 1. The summed E-state index contributed by atoms with van der Waals surface area (Å²) in [5, 5.41) is 4.65. The van der Waals surface area contributed by atoms with Crippen LogP contribution in [0.15, 0.2) is 42.5 Å². The van der Waals surface area contributed by atoms with Gasteiger partial charge in [0.05, 0.1) is 6.42 Å². The van der Waals surface area contributed by atoms with Crippen LogP contribution in [0.1, 0.15) is 16.8 Å². The Kier molecular flexibility index (Phi) is 3.90. The number of aromatic nitrogens is 1. The van der Waals surface area contributed by atoms with Crippen molar-refractivity contribution in [2.45, 2.75) is 20.3 Å². The van der Waals surface area contributed by atoms with Gasteiger partial charge in [0, 0.05) is 27.3 Å². The van der Waals surface area contributed by atoms with Gasteiger partial charge < -0.3 is 10.3 Å². The molecule has 2 N–H and O–H groups in total. The van der Waals surface area contributed by atoms with E-state index in [1.807, 2.05) is 50.2 Å². The molecular weight excluding hydrogens is 296 g/mol. The average Bonchev–Trinajstić information content (AvgIpc) is 2.79. The molecule has 3 nitrogen and oxygen atoms in total. The third kappa shape index (κ3) is 2.85. The van der Waals surface area contributed by atoms with Crippen molar-refractivity contribution in [3.63, 3.8) is 0 Å². The summed E-state index contributed by atoms with van der Waals surface area (Å²) in [7, 11) is 0. The molecule has 0 spiro atoms. The lowest BCUT2D eigenvalue weighted by Gasteiger charge is -2.09. The van der Waals surface area contributed by atoms with E-state index in [2.05, 4.69) is 10.3 Å². The van der Waals surface area contributed by atoms with Crippen LogP contribution in [0.2, 0.25) is 5.02 Å². The number of hydrogen-bond donors (Lipinski definition) is 2. The lowest BCUT2D eigenvalue weighted by Crippen LogP contribution is -2.15. The van der Waals surface area contributed by atoms with Gasteiger partial charge in [-0.25, -0.2) is 0 Å². The van der Waals surface area contributed by atoms with E-state index in [-0.39, 0.29) is 5.91 Å². The van der Waals surface area contributed by atoms with Crippen LogP contribution in [0.4, 0.5) is 5.69 Å². The summed E-state index contributed by atoms with van der Waals surface area (Å²) in [6.07, 6.45) is 0.335. The van der Waals surface area contributed by atoms with Crippen molar-refractivity contribution in [1.29, 1.82) is 0 Å². The van der Waals surface area contributed by atoms with Gasteiger partial charge in [0.25, 0.3) is 0 Å². The summed E-state index contributed by atoms with van der Waals surface area (Å²) in [6, 6.07) is 13.5. The van der Waals surface area contributed by atoms with E-state index >= 15 is 0 Å². The number of amides is 1. The fraction of sp³-hybridized carbons (Fsp3) is 0.167. The Morgan fingerprint density at radius 2 is 1.95 bits per heavy atom. The summed E-state index contributed by atoms with van der Waals surface area (Å²) < 4.78 is 0. The number of benzene rings is 2. The van der Waals surface area contributed by atoms with Gasteiger partial charge in [-0.05, 0) is 43.2 Å². The van der Waals surface area contributed by atoms with E-state index in [4.69, 9.17) is 11.6 Å². The number of halogens is 1. The first-order valence-electron chi connectivity index (χ1n) is 7.17. The zero-order valence-corrected chi connectivity index (χ0v) is 13.3. The zero-order valence-electron chi connectivity index (χ0n) is 12.5. The molecule has 0 bridgehead atoms. The lowest BCUT2D eigenvalue weighted by molar-refractivity contribution is -0.115. The Bertz CT molecular complexity index is 851. The van der Waals surface area contributed by atoms with Crippen molar-refractivity contribution in [3.8, 4) is 0 Å². The van der Waals surface area contributed by atoms with Crippen molar-refractivity contribution in [1.82, 2.24) is 4.98 Å². The molecule has 0 aliphatic heterocycles. The molecule has 0 atom stereocenters. The summed E-state index contributed by atoms with van der Waals surface area (Å²) in [5.41, 5.74) is 4.87. The van der Waals surface area contributed by atoms with E-state index in [0.717, 1.165) is 33.4 Å². The predicted molar refractivity (Wildman–Crippen MR) is 91.6 cm³/mol. The molecule has 1 heterocycles. The number of carbonyl (C=O) groups excluding carboxylic acids is 1. The Balaban J connectivity index is 1.84. The number of H-pyrrole nitrogens is 1. The topological polar surface area (TPSA) is 44.9 Å². The van der Waals surface area contributed by atoms with Crippen molar-refractivity contribution >= 4 is 34.1 Å². The van der Waals surface area contributed by atoms with Crippen LogP contribution < -0.4 is 5.32 Å². The standard InChI is InChI=1S/C18H17ClN2O/c1-11-7-8-13(19)9-17(11)21-18(22)10-15-12(2)20-16-6-4-3-5-14(15)16/h3-9,20H,10H2,1-2H3,(H,21,22). The van der Waals surface area contributed by atoms with Gasteiger partial charge in [0.2, 0.25) is 5.91 Å². The van der Waals surface area contributed by atoms with Gasteiger partial charge >= 0.3 is 0 Å². The van der Waals surface area contributed by atoms with E-state index in [1.54, 1.807) is 6.07 Å². The Hall–Kier alpha value is -2.26. The molecule has 2 aromatic carbocycles. The van der Waals surface area contributed by atoms with Crippen LogP contribution in [0.3, 0.4) is 0 Å². The van der Waals surface area contributed by atoms with E-state index in [9.17, 15) is 4.79 Å². The van der Waals surface area contributed by atoms with Crippen LogP contribution in [-0.2, 0) is 11.2 Å². The molecule has 112 valence electrons. The second-order valence-electron chi connectivity index (χ2n) is 5.46. The smallest absolute Gasteiger partial charge is 0.228 e. The first-order chi connectivity index (χ1) is 10.5. The monoisotopic (exact) mass is 312 g/mol. The fourth-order valence-electron chi connectivity index (χ4n) is 2.65. The molecule has 4 heteroatoms. The molecule has 0 fully saturated rings. The molecule has 0 saturated carbocycles. The number of fused-ring (bicyclic) bond motifs is 1. The Labute approximate surface area is 134 Å². The minimum atomic E-state index is -0.0433. The number of hydrogen-bond acceptors (Lipinski definition) is 1. The van der Waals surface area contributed by atoms with Gasteiger partial charge in [0.15, 0.2) is 0 Å². The van der Waals surface area contributed by atoms with Crippen molar-refractivity contribution < 1.29 is 4.79 Å². The maximum absolute atomic E-state index is 12.4. The van der Waals surface area contributed by atoms with E-state index < -0.39 is 0 Å². The quantitative estimate of drug-likeness (QED) is 0.728. The molecule has 3 rings (SSSR count). The lowest BCUT2D eigenvalue weighted by atomic mass is 10.1. The maximum Gasteiger partial charge on any atom is 0.228 e. The molecule has 1 aromatic heterocycles. The SMILES string of the molecule is Cc1ccc(Cl)cc1NC(=O)Cc1c(C)[nH]c2ccccc12. The maximum atomic E-state index is 12.4. The highest BCUT2D eigenvalue weighted by Gasteiger charge is 2.13. The van der Waals surface area contributed by atoms with Crippen molar-refractivity contribution in [2.75, 3.05) is 5.32 Å². The Morgan fingerprint density at radius 3 is 2.77 bits per heavy atom. The molecule has 0 aliphatic carbocycles. The number of nitrogens with one attached hydrogen (secondary N) is 2. The highest BCUT2D eigenvalue weighted by molar-refractivity contribution is 6.31. The predicted octanol–water partition coefficient (Wildman–Crippen LogP) is 4.62. The summed E-state index contributed by atoms with van der Waals surface area (Å²) >= 11 is 5.99. The third-order valence-corrected chi connectivity index (χ3v) is 4.07. The number of para-hydroxylation sites is 1. The second kappa shape index (κ2) is 5.85. The summed E-state index contributed by atoms with van der Waals surface area (Å²) in [4.78, 5) is 15.7. The second-order valence-corrected chi connectivity index (χ2v) is 5.89. The van der Waals surface area contributed by atoms with Gasteiger partial charge in [0.1, 0.15) is 0 Å². The number of carbonyl (C=O) groups is 1. The highest BCUT2D eigenvalue weighted by Crippen LogP contribution is 2.24. The molecule has 22 heavy (non-hydrogen) atoms. The average molecular weight is 313 g/mol. The van der Waals surface area contributed by atoms with Crippen molar-refractivity contribution in [3.05, 3.63) is 64.3 Å². The van der Waals surface area contributed by atoms with Gasteiger partial charge in [-0.2, -0.15) is 0 Å². The van der Waals surface area contributed by atoms with E-state index in [1.165, 1.54) is 0 Å². The van der Waals surface area contributed by atoms with Gasteiger partial charge in [-0.1, -0.05) is 35.9 Å². The summed E-state index contributed by atoms with van der Waals surface area (Å²) in [5.74, 6) is -0.0433. The van der Waals surface area contributed by atoms with E-state index in [0.29, 0.717) is 11.4 Å².